The van der Waals surface area contributed by atoms with E-state index >= 15 is 0 Å². The second kappa shape index (κ2) is 20.9. The number of carbonyl (C=O) groups excluding carboxylic acids is 4. The van der Waals surface area contributed by atoms with Crippen LogP contribution in [0, 0.1) is 5.92 Å². The van der Waals surface area contributed by atoms with Gasteiger partial charge in [0.15, 0.2) is 0 Å². The highest BCUT2D eigenvalue weighted by Crippen LogP contribution is 2.17. The Kier molecular flexibility index (Phi) is 16.4. The zero-order valence-corrected chi connectivity index (χ0v) is 29.3. The average molecular weight is 700 g/mol. The monoisotopic (exact) mass is 699 g/mol. The summed E-state index contributed by atoms with van der Waals surface area (Å²) in [6.45, 7) is 10.7. The van der Waals surface area contributed by atoms with E-state index in [1.165, 1.54) is 6.08 Å². The van der Waals surface area contributed by atoms with Crippen LogP contribution in [-0.4, -0.2) is 59.8 Å². The van der Waals surface area contributed by atoms with E-state index in [0.717, 1.165) is 16.7 Å². The van der Waals surface area contributed by atoms with E-state index in [1.807, 2.05) is 84.9 Å². The van der Waals surface area contributed by atoms with E-state index in [-0.39, 0.29) is 39.1 Å². The molecule has 11 heteroatoms. The smallest absolute Gasteiger partial charge is 0.408 e. The third-order valence-corrected chi connectivity index (χ3v) is 7.72. The van der Waals surface area contributed by atoms with Crippen LogP contribution >= 0.6 is 0 Å². The molecule has 0 aliphatic heterocycles. The van der Waals surface area contributed by atoms with Crippen molar-refractivity contribution in [3.8, 4) is 5.75 Å². The van der Waals surface area contributed by atoms with Crippen molar-refractivity contribution < 1.29 is 38.5 Å². The lowest BCUT2D eigenvalue weighted by Crippen LogP contribution is -2.51. The van der Waals surface area contributed by atoms with Crippen molar-refractivity contribution in [3.63, 3.8) is 0 Å². The molecule has 0 spiro atoms. The summed E-state index contributed by atoms with van der Waals surface area (Å²) in [7, 11) is 0. The molecule has 0 aliphatic carbocycles. The van der Waals surface area contributed by atoms with Crippen LogP contribution < -0.4 is 20.7 Å². The Bertz CT molecular complexity index is 1560. The third-order valence-electron chi connectivity index (χ3n) is 7.72. The predicted octanol–water partition coefficient (Wildman–Crippen LogP) is 5.18. The fourth-order valence-electron chi connectivity index (χ4n) is 5.01. The number of carbonyl (C=O) groups is 4. The van der Waals surface area contributed by atoms with Gasteiger partial charge in [0.05, 0.1) is 24.1 Å². The zero-order chi connectivity index (χ0) is 37.1. The van der Waals surface area contributed by atoms with Crippen LogP contribution in [0.4, 0.5) is 4.79 Å². The molecule has 272 valence electrons. The highest BCUT2D eigenvalue weighted by molar-refractivity contribution is 5.86. The molecule has 0 aromatic heterocycles. The van der Waals surface area contributed by atoms with Crippen LogP contribution in [0.3, 0.4) is 0 Å². The topological polar surface area (TPSA) is 152 Å². The Morgan fingerprint density at radius 2 is 1.39 bits per heavy atom. The van der Waals surface area contributed by atoms with Crippen molar-refractivity contribution in [2.75, 3.05) is 13.2 Å². The quantitative estimate of drug-likeness (QED) is 0.0878. The summed E-state index contributed by atoms with van der Waals surface area (Å²) >= 11 is 0. The second-order valence-electron chi connectivity index (χ2n) is 12.8. The first-order valence-electron chi connectivity index (χ1n) is 16.9. The minimum Gasteiger partial charge on any atom is -0.489 e. The van der Waals surface area contributed by atoms with Gasteiger partial charge >= 0.3 is 12.1 Å². The van der Waals surface area contributed by atoms with E-state index in [2.05, 4.69) is 29.1 Å². The highest BCUT2D eigenvalue weighted by atomic mass is 16.6. The van der Waals surface area contributed by atoms with E-state index in [9.17, 15) is 24.3 Å². The van der Waals surface area contributed by atoms with E-state index in [4.69, 9.17) is 14.2 Å². The van der Waals surface area contributed by atoms with Crippen LogP contribution in [0.5, 0.6) is 5.75 Å². The number of nitrogens with one attached hydrogen (secondary N) is 3. The van der Waals surface area contributed by atoms with Gasteiger partial charge in [0.25, 0.3) is 0 Å². The Balaban J connectivity index is 1.47. The average Bonchev–Trinajstić information content (AvgIpc) is 3.12. The lowest BCUT2D eigenvalue weighted by atomic mass is 9.97. The first kappa shape index (κ1) is 40.0. The molecule has 0 radical (unpaired) electrons. The Morgan fingerprint density at radius 1 is 0.784 bits per heavy atom. The van der Waals surface area contributed by atoms with Gasteiger partial charge < -0.3 is 35.3 Å². The van der Waals surface area contributed by atoms with Crippen molar-refractivity contribution in [3.05, 3.63) is 127 Å². The van der Waals surface area contributed by atoms with Crippen LogP contribution in [-0.2, 0) is 43.5 Å². The Morgan fingerprint density at radius 3 is 1.98 bits per heavy atom. The first-order valence-corrected chi connectivity index (χ1v) is 16.9. The fourth-order valence-corrected chi connectivity index (χ4v) is 5.01. The van der Waals surface area contributed by atoms with Crippen molar-refractivity contribution in [1.82, 2.24) is 16.0 Å². The molecule has 4 N–H and O–H groups in total. The summed E-state index contributed by atoms with van der Waals surface area (Å²) in [4.78, 5) is 51.5. The first-order chi connectivity index (χ1) is 24.5. The second-order valence-corrected chi connectivity index (χ2v) is 12.8. The maximum atomic E-state index is 13.3. The number of aliphatic hydroxyl groups is 1. The van der Waals surface area contributed by atoms with Gasteiger partial charge in [-0.05, 0) is 61.9 Å². The molecule has 0 bridgehead atoms. The summed E-state index contributed by atoms with van der Waals surface area (Å²) in [5, 5.41) is 18.2. The van der Waals surface area contributed by atoms with Crippen LogP contribution in [0.1, 0.15) is 49.8 Å². The lowest BCUT2D eigenvalue weighted by molar-refractivity contribution is -0.149. The number of aliphatic hydroxyl groups excluding tert-OH is 1. The molecule has 11 nitrogen and oxygen atoms in total. The molecule has 3 aromatic carbocycles. The van der Waals surface area contributed by atoms with Crippen LogP contribution in [0.25, 0.3) is 0 Å². The van der Waals surface area contributed by atoms with E-state index < -0.39 is 47.4 Å². The molecule has 3 aromatic rings. The summed E-state index contributed by atoms with van der Waals surface area (Å²) in [6.07, 6.45) is 2.80. The summed E-state index contributed by atoms with van der Waals surface area (Å²) < 4.78 is 16.5. The number of amides is 3. The van der Waals surface area contributed by atoms with Gasteiger partial charge in [0, 0.05) is 6.42 Å². The number of allylic oxidation sites excluding steroid dienone is 1. The maximum Gasteiger partial charge on any atom is 0.408 e. The Hall–Kier alpha value is -5.42. The summed E-state index contributed by atoms with van der Waals surface area (Å²) in [6, 6.07) is 24.8. The van der Waals surface area contributed by atoms with Gasteiger partial charge in [0.2, 0.25) is 11.8 Å². The SMILES string of the molecule is C=CC[C@H](CC(=O)N[C@H](CO)Cc1ccc(OCc2ccccc2)cc1)C(=O)NC(C)(C)COC(=O)[C@@H](CC=C)NC(=O)OCc1ccccc1. The number of alkyl carbamates (subject to hydrolysis) is 1. The van der Waals surface area contributed by atoms with Gasteiger partial charge in [-0.2, -0.15) is 0 Å². The van der Waals surface area contributed by atoms with Gasteiger partial charge in [-0.3, -0.25) is 9.59 Å². The number of ether oxygens (including phenoxy) is 3. The number of rotatable bonds is 21. The van der Waals surface area contributed by atoms with Crippen LogP contribution in [0.15, 0.2) is 110 Å². The zero-order valence-electron chi connectivity index (χ0n) is 29.3. The molecule has 0 unspecified atom stereocenters. The van der Waals surface area contributed by atoms with E-state index in [0.29, 0.717) is 18.8 Å². The number of benzene rings is 3. The third kappa shape index (κ3) is 14.9. The molecule has 3 atom stereocenters. The lowest BCUT2D eigenvalue weighted by Gasteiger charge is -2.29. The summed E-state index contributed by atoms with van der Waals surface area (Å²) in [5.41, 5.74) is 1.73. The molecule has 51 heavy (non-hydrogen) atoms. The number of hydrogen-bond acceptors (Lipinski definition) is 8. The van der Waals surface area contributed by atoms with Crippen molar-refractivity contribution >= 4 is 23.9 Å². The molecule has 0 aliphatic rings. The maximum absolute atomic E-state index is 13.3. The molecule has 0 saturated heterocycles. The molecule has 3 rings (SSSR count). The van der Waals surface area contributed by atoms with Crippen LogP contribution in [0.2, 0.25) is 0 Å². The summed E-state index contributed by atoms with van der Waals surface area (Å²) in [5.74, 6) is -1.60. The van der Waals surface area contributed by atoms with Gasteiger partial charge in [-0.15, -0.1) is 13.2 Å². The molecule has 0 fully saturated rings. The normalized spacial score (nSPS) is 12.7. The largest absolute Gasteiger partial charge is 0.489 e. The van der Waals surface area contributed by atoms with Crippen molar-refractivity contribution in [1.29, 1.82) is 0 Å². The fraction of sp³-hybridized carbons (Fsp3) is 0.350. The molecular weight excluding hydrogens is 650 g/mol. The van der Waals surface area contributed by atoms with E-state index in [1.54, 1.807) is 19.9 Å². The molecule has 0 heterocycles. The minimum absolute atomic E-state index is 0.0334. The number of esters is 1. The molecule has 3 amide bonds. The predicted molar refractivity (Wildman–Crippen MR) is 194 cm³/mol. The van der Waals surface area contributed by atoms with Gasteiger partial charge in [0.1, 0.15) is 31.6 Å². The molecular formula is C40H49N3O8. The van der Waals surface area contributed by atoms with Gasteiger partial charge in [-0.25, -0.2) is 9.59 Å². The van der Waals surface area contributed by atoms with Crippen molar-refractivity contribution in [2.24, 2.45) is 5.92 Å². The minimum atomic E-state index is -1.04. The Labute approximate surface area is 300 Å². The highest BCUT2D eigenvalue weighted by Gasteiger charge is 2.30. The van der Waals surface area contributed by atoms with Crippen molar-refractivity contribution in [2.45, 2.75) is 70.4 Å². The van der Waals surface area contributed by atoms with Gasteiger partial charge in [-0.1, -0.05) is 84.9 Å². The standard InChI is InChI=1S/C40H49N3O8/c1-5-13-32(24-36(45)41-33(25-44)23-29-19-21-34(22-20-29)49-26-30-15-9-7-10-16-30)37(46)43-40(3,4)28-51-38(47)35(14-6-2)42-39(48)50-27-31-17-11-8-12-18-31/h5-12,15-22,32-33,35,44H,1-2,13-14,23-28H2,3-4H3,(H,41,45)(H,42,48)(H,43,46)/t32-,33+,35-/m1/s1. The molecule has 0 saturated carbocycles. The number of hydrogen-bond donors (Lipinski definition) is 4.